The van der Waals surface area contributed by atoms with Crippen LogP contribution in [0.2, 0.25) is 0 Å². The maximum absolute atomic E-state index is 11.1. The Labute approximate surface area is 89.5 Å². The van der Waals surface area contributed by atoms with Gasteiger partial charge in [-0.15, -0.1) is 11.6 Å². The van der Waals surface area contributed by atoms with Crippen LogP contribution < -0.4 is 0 Å². The zero-order valence-corrected chi connectivity index (χ0v) is 10.1. The highest BCUT2D eigenvalue weighted by molar-refractivity contribution is 7.92. The molecule has 84 valence electrons. The van der Waals surface area contributed by atoms with Gasteiger partial charge >= 0.3 is 5.97 Å². The summed E-state index contributed by atoms with van der Waals surface area (Å²) in [4.78, 5) is 11.1. The zero-order valence-electron chi connectivity index (χ0n) is 8.54. The Bertz CT molecular complexity index is 289. The van der Waals surface area contributed by atoms with Gasteiger partial charge in [0.15, 0.2) is 9.84 Å². The summed E-state index contributed by atoms with van der Waals surface area (Å²) < 4.78 is 27.1. The van der Waals surface area contributed by atoms with Gasteiger partial charge in [0.1, 0.15) is 11.4 Å². The molecule has 0 aliphatic rings. The number of esters is 1. The lowest BCUT2D eigenvalue weighted by molar-refractivity contribution is -0.151. The minimum Gasteiger partial charge on any atom is -0.459 e. The van der Waals surface area contributed by atoms with Crippen LogP contribution in [0, 0.1) is 0 Å². The van der Waals surface area contributed by atoms with Crippen molar-refractivity contribution < 1.29 is 17.9 Å². The molecule has 0 radical (unpaired) electrons. The maximum atomic E-state index is 11.1. The Morgan fingerprint density at radius 2 is 1.86 bits per heavy atom. The lowest BCUT2D eigenvalue weighted by Gasteiger charge is -2.19. The quantitative estimate of drug-likeness (QED) is 0.545. The van der Waals surface area contributed by atoms with Crippen molar-refractivity contribution in [3.63, 3.8) is 0 Å². The molecule has 0 fully saturated rings. The molecular weight excluding hydrogens is 228 g/mol. The first-order valence-electron chi connectivity index (χ1n) is 4.14. The number of rotatable bonds is 4. The fourth-order valence-corrected chi connectivity index (χ4v) is 2.24. The Morgan fingerprint density at radius 1 is 1.36 bits per heavy atom. The second-order valence-electron chi connectivity index (χ2n) is 3.87. The predicted molar refractivity (Wildman–Crippen MR) is 55.2 cm³/mol. The van der Waals surface area contributed by atoms with Gasteiger partial charge < -0.3 is 4.74 Å². The average molecular weight is 243 g/mol. The van der Waals surface area contributed by atoms with Crippen molar-refractivity contribution >= 4 is 27.4 Å². The van der Waals surface area contributed by atoms with E-state index in [1.807, 2.05) is 0 Å². The van der Waals surface area contributed by atoms with Crippen LogP contribution in [0.5, 0.6) is 0 Å². The standard InChI is InChI=1S/C8H15ClO4S/c1-8(2,3)13-7(10)6-14(11,12)5-4-9/h4-6H2,1-3H3. The van der Waals surface area contributed by atoms with Crippen molar-refractivity contribution in [2.75, 3.05) is 17.4 Å². The number of hydrogen-bond acceptors (Lipinski definition) is 4. The highest BCUT2D eigenvalue weighted by Gasteiger charge is 2.22. The maximum Gasteiger partial charge on any atom is 0.321 e. The van der Waals surface area contributed by atoms with Crippen molar-refractivity contribution in [2.45, 2.75) is 26.4 Å². The second kappa shape index (κ2) is 4.98. The number of alkyl halides is 1. The first kappa shape index (κ1) is 13.7. The Hall–Kier alpha value is -0.290. The van der Waals surface area contributed by atoms with Crippen molar-refractivity contribution in [2.24, 2.45) is 0 Å². The molecule has 0 saturated heterocycles. The summed E-state index contributed by atoms with van der Waals surface area (Å²) in [5.74, 6) is -1.54. The molecule has 6 heteroatoms. The van der Waals surface area contributed by atoms with Crippen LogP contribution in [0.25, 0.3) is 0 Å². The molecule has 0 unspecified atom stereocenters. The molecule has 0 rings (SSSR count). The Balaban J connectivity index is 4.21. The summed E-state index contributed by atoms with van der Waals surface area (Å²) in [5, 5.41) is 0. The van der Waals surface area contributed by atoms with Crippen LogP contribution >= 0.6 is 11.6 Å². The molecule has 0 N–H and O–H groups in total. The largest absolute Gasteiger partial charge is 0.459 e. The van der Waals surface area contributed by atoms with Gasteiger partial charge in [-0.3, -0.25) is 4.79 Å². The van der Waals surface area contributed by atoms with E-state index in [4.69, 9.17) is 16.3 Å². The highest BCUT2D eigenvalue weighted by Crippen LogP contribution is 2.08. The van der Waals surface area contributed by atoms with E-state index in [0.717, 1.165) is 0 Å². The van der Waals surface area contributed by atoms with E-state index in [-0.39, 0.29) is 11.6 Å². The van der Waals surface area contributed by atoms with Crippen molar-refractivity contribution in [3.8, 4) is 0 Å². The first-order chi connectivity index (χ1) is 6.16. The van der Waals surface area contributed by atoms with Crippen LogP contribution in [-0.4, -0.2) is 37.4 Å². The van der Waals surface area contributed by atoms with Crippen molar-refractivity contribution in [1.29, 1.82) is 0 Å². The van der Waals surface area contributed by atoms with E-state index in [1.165, 1.54) is 0 Å². The van der Waals surface area contributed by atoms with Gasteiger partial charge in [-0.1, -0.05) is 0 Å². The molecule has 0 heterocycles. The SMILES string of the molecule is CC(C)(C)OC(=O)CS(=O)(=O)CCCl. The van der Waals surface area contributed by atoms with E-state index in [0.29, 0.717) is 0 Å². The smallest absolute Gasteiger partial charge is 0.321 e. The van der Waals surface area contributed by atoms with Crippen LogP contribution in [0.3, 0.4) is 0 Å². The summed E-state index contributed by atoms with van der Waals surface area (Å²) in [7, 11) is -3.41. The summed E-state index contributed by atoms with van der Waals surface area (Å²) >= 11 is 5.27. The van der Waals surface area contributed by atoms with Crippen molar-refractivity contribution in [1.82, 2.24) is 0 Å². The van der Waals surface area contributed by atoms with E-state index in [9.17, 15) is 13.2 Å². The number of carbonyl (C=O) groups is 1. The van der Waals surface area contributed by atoms with Crippen LogP contribution in [0.1, 0.15) is 20.8 Å². The van der Waals surface area contributed by atoms with Gasteiger partial charge in [0.05, 0.1) is 5.75 Å². The number of ether oxygens (including phenoxy) is 1. The first-order valence-corrected chi connectivity index (χ1v) is 6.50. The van der Waals surface area contributed by atoms with E-state index in [2.05, 4.69) is 0 Å². The number of carbonyl (C=O) groups excluding carboxylic acids is 1. The fourth-order valence-electron chi connectivity index (χ4n) is 0.740. The third kappa shape index (κ3) is 7.15. The summed E-state index contributed by atoms with van der Waals surface area (Å²) in [6.45, 7) is 5.04. The molecule has 0 aliphatic heterocycles. The van der Waals surface area contributed by atoms with Crippen LogP contribution in [-0.2, 0) is 19.4 Å². The Kier molecular flexibility index (Phi) is 4.88. The lowest BCUT2D eigenvalue weighted by Crippen LogP contribution is -2.29. The molecule has 0 aromatic carbocycles. The Morgan fingerprint density at radius 3 is 2.21 bits per heavy atom. The molecule has 0 spiro atoms. The molecule has 0 aliphatic carbocycles. The third-order valence-electron chi connectivity index (χ3n) is 1.15. The molecule has 0 aromatic rings. The van der Waals surface area contributed by atoms with E-state index in [1.54, 1.807) is 20.8 Å². The van der Waals surface area contributed by atoms with Gasteiger partial charge in [0.25, 0.3) is 0 Å². The monoisotopic (exact) mass is 242 g/mol. The number of sulfone groups is 1. The van der Waals surface area contributed by atoms with Crippen molar-refractivity contribution in [3.05, 3.63) is 0 Å². The minimum absolute atomic E-state index is 0.00880. The van der Waals surface area contributed by atoms with Crippen LogP contribution in [0.4, 0.5) is 0 Å². The van der Waals surface area contributed by atoms with E-state index < -0.39 is 27.2 Å². The summed E-state index contributed by atoms with van der Waals surface area (Å²) in [6, 6.07) is 0. The number of halogens is 1. The minimum atomic E-state index is -3.41. The topological polar surface area (TPSA) is 60.4 Å². The molecule has 0 saturated carbocycles. The molecule has 0 aromatic heterocycles. The van der Waals surface area contributed by atoms with Gasteiger partial charge in [-0.2, -0.15) is 0 Å². The van der Waals surface area contributed by atoms with Crippen LogP contribution in [0.15, 0.2) is 0 Å². The van der Waals surface area contributed by atoms with Gasteiger partial charge in [-0.05, 0) is 20.8 Å². The fraction of sp³-hybridized carbons (Fsp3) is 0.875. The average Bonchev–Trinajstić information content (AvgIpc) is 1.78. The summed E-state index contributed by atoms with van der Waals surface area (Å²) in [5.41, 5.74) is -0.659. The predicted octanol–water partition coefficient (Wildman–Crippen LogP) is 0.982. The molecule has 0 amide bonds. The molecule has 4 nitrogen and oxygen atoms in total. The molecule has 0 bridgehead atoms. The molecular formula is C8H15ClO4S. The highest BCUT2D eigenvalue weighted by atomic mass is 35.5. The third-order valence-corrected chi connectivity index (χ3v) is 3.06. The van der Waals surface area contributed by atoms with E-state index >= 15 is 0 Å². The lowest BCUT2D eigenvalue weighted by atomic mass is 10.2. The number of hydrogen-bond donors (Lipinski definition) is 0. The zero-order chi connectivity index (χ0) is 11.4. The van der Waals surface area contributed by atoms with Gasteiger partial charge in [0, 0.05) is 5.88 Å². The molecule has 14 heavy (non-hydrogen) atoms. The normalized spacial score (nSPS) is 12.6. The van der Waals surface area contributed by atoms with Gasteiger partial charge in [0.2, 0.25) is 0 Å². The molecule has 0 atom stereocenters. The summed E-state index contributed by atoms with van der Waals surface area (Å²) in [6.07, 6.45) is 0. The van der Waals surface area contributed by atoms with Gasteiger partial charge in [-0.25, -0.2) is 8.42 Å². The second-order valence-corrected chi connectivity index (χ2v) is 6.43.